The second-order valence-corrected chi connectivity index (χ2v) is 4.33. The van der Waals surface area contributed by atoms with Crippen molar-refractivity contribution in [3.63, 3.8) is 0 Å². The van der Waals surface area contributed by atoms with Gasteiger partial charge in [-0.3, -0.25) is 14.9 Å². The summed E-state index contributed by atoms with van der Waals surface area (Å²) in [5.74, 6) is -0.188. The van der Waals surface area contributed by atoms with E-state index in [1.807, 2.05) is 0 Å². The van der Waals surface area contributed by atoms with Crippen LogP contribution in [0.4, 0.5) is 10.5 Å². The fourth-order valence-electron chi connectivity index (χ4n) is 1.86. The van der Waals surface area contributed by atoms with Crippen LogP contribution < -0.4 is 20.7 Å². The smallest absolute Gasteiger partial charge is 0.319 e. The molecule has 0 aliphatic carbocycles. The molecule has 0 radical (unpaired) electrons. The quantitative estimate of drug-likeness (QED) is 0.706. The lowest BCUT2D eigenvalue weighted by Crippen LogP contribution is -2.53. The molecule has 1 aliphatic rings. The van der Waals surface area contributed by atoms with Crippen molar-refractivity contribution in [2.75, 3.05) is 12.4 Å². The number of carbonyl (C=O) groups is 3. The number of imide groups is 1. The number of ether oxygens (including phenoxy) is 1. The van der Waals surface area contributed by atoms with Crippen LogP contribution in [0.5, 0.6) is 5.75 Å². The molecule has 1 atom stereocenters. The van der Waals surface area contributed by atoms with Crippen LogP contribution in [0.1, 0.15) is 12.8 Å². The summed E-state index contributed by atoms with van der Waals surface area (Å²) in [6.07, 6.45) is 0.520. The second kappa shape index (κ2) is 6.05. The standard InChI is InChI=1S/C13H15N3O4/c1-20-9-4-2-3-8(7-9)14-13(19)15-10-5-6-11(17)16-12(10)18/h2-4,7,10H,5-6H2,1H3,(H2,14,15,19)(H,16,17,18)/t10-/m1/s1. The molecule has 0 unspecified atom stereocenters. The first-order valence-electron chi connectivity index (χ1n) is 6.14. The highest BCUT2D eigenvalue weighted by Crippen LogP contribution is 2.16. The van der Waals surface area contributed by atoms with E-state index < -0.39 is 18.0 Å². The summed E-state index contributed by atoms with van der Waals surface area (Å²) in [6, 6.07) is 5.64. The predicted octanol–water partition coefficient (Wildman–Crippen LogP) is 0.622. The minimum atomic E-state index is -0.696. The van der Waals surface area contributed by atoms with Crippen LogP contribution in [0.2, 0.25) is 0 Å². The summed E-state index contributed by atoms with van der Waals surface area (Å²) in [6.45, 7) is 0. The van der Waals surface area contributed by atoms with Crippen molar-refractivity contribution in [3.8, 4) is 5.75 Å². The number of rotatable bonds is 3. The van der Waals surface area contributed by atoms with Crippen molar-refractivity contribution in [3.05, 3.63) is 24.3 Å². The molecule has 1 aromatic rings. The van der Waals surface area contributed by atoms with Gasteiger partial charge >= 0.3 is 6.03 Å². The van der Waals surface area contributed by atoms with Gasteiger partial charge in [-0.05, 0) is 18.6 Å². The summed E-state index contributed by atoms with van der Waals surface area (Å²) in [5.41, 5.74) is 0.550. The lowest BCUT2D eigenvalue weighted by molar-refractivity contribution is -0.134. The molecule has 7 nitrogen and oxygen atoms in total. The topological polar surface area (TPSA) is 96.5 Å². The minimum Gasteiger partial charge on any atom is -0.497 e. The average molecular weight is 277 g/mol. The lowest BCUT2D eigenvalue weighted by Gasteiger charge is -2.21. The number of anilines is 1. The normalized spacial score (nSPS) is 18.1. The van der Waals surface area contributed by atoms with Crippen molar-refractivity contribution >= 4 is 23.5 Å². The third kappa shape index (κ3) is 3.47. The highest BCUT2D eigenvalue weighted by atomic mass is 16.5. The van der Waals surface area contributed by atoms with E-state index in [1.165, 1.54) is 7.11 Å². The van der Waals surface area contributed by atoms with Crippen LogP contribution in [0.25, 0.3) is 0 Å². The number of carbonyl (C=O) groups excluding carboxylic acids is 3. The van der Waals surface area contributed by atoms with Gasteiger partial charge in [-0.15, -0.1) is 0 Å². The molecular formula is C13H15N3O4. The van der Waals surface area contributed by atoms with Gasteiger partial charge in [0.2, 0.25) is 11.8 Å². The van der Waals surface area contributed by atoms with Crippen molar-refractivity contribution < 1.29 is 19.1 Å². The van der Waals surface area contributed by atoms with E-state index in [-0.39, 0.29) is 12.3 Å². The van der Waals surface area contributed by atoms with Crippen molar-refractivity contribution in [2.24, 2.45) is 0 Å². The van der Waals surface area contributed by atoms with Gasteiger partial charge in [-0.2, -0.15) is 0 Å². The molecule has 20 heavy (non-hydrogen) atoms. The van der Waals surface area contributed by atoms with Crippen molar-refractivity contribution in [1.82, 2.24) is 10.6 Å². The van der Waals surface area contributed by atoms with Crippen LogP contribution >= 0.6 is 0 Å². The van der Waals surface area contributed by atoms with Gasteiger partial charge in [-0.1, -0.05) is 6.07 Å². The van der Waals surface area contributed by atoms with E-state index in [4.69, 9.17) is 4.74 Å². The Hall–Kier alpha value is -2.57. The zero-order chi connectivity index (χ0) is 14.5. The van der Waals surface area contributed by atoms with Gasteiger partial charge in [-0.25, -0.2) is 4.79 Å². The Kier molecular flexibility index (Phi) is 4.19. The largest absolute Gasteiger partial charge is 0.497 e. The summed E-state index contributed by atoms with van der Waals surface area (Å²) in [7, 11) is 1.53. The number of piperidine rings is 1. The number of amides is 4. The maximum Gasteiger partial charge on any atom is 0.319 e. The Morgan fingerprint density at radius 2 is 2.20 bits per heavy atom. The Morgan fingerprint density at radius 3 is 2.90 bits per heavy atom. The first-order valence-corrected chi connectivity index (χ1v) is 6.14. The number of nitrogens with one attached hydrogen (secondary N) is 3. The first-order chi connectivity index (χ1) is 9.58. The van der Waals surface area contributed by atoms with Gasteiger partial charge in [0.25, 0.3) is 0 Å². The number of hydrogen-bond acceptors (Lipinski definition) is 4. The fourth-order valence-corrected chi connectivity index (χ4v) is 1.86. The lowest BCUT2D eigenvalue weighted by atomic mass is 10.1. The molecule has 1 heterocycles. The molecule has 106 valence electrons. The SMILES string of the molecule is COc1cccc(NC(=O)N[C@@H]2CCC(=O)NC2=O)c1. The summed E-state index contributed by atoms with van der Waals surface area (Å²) in [5, 5.41) is 7.30. The van der Waals surface area contributed by atoms with E-state index in [2.05, 4.69) is 16.0 Å². The third-order valence-corrected chi connectivity index (χ3v) is 2.87. The molecule has 4 amide bonds. The maximum absolute atomic E-state index is 11.8. The second-order valence-electron chi connectivity index (χ2n) is 4.33. The summed E-state index contributed by atoms with van der Waals surface area (Å²) < 4.78 is 5.04. The zero-order valence-electron chi connectivity index (χ0n) is 10.9. The average Bonchev–Trinajstić information content (AvgIpc) is 2.42. The monoisotopic (exact) mass is 277 g/mol. The Balaban J connectivity index is 1.92. The molecule has 1 fully saturated rings. The highest BCUT2D eigenvalue weighted by Gasteiger charge is 2.27. The third-order valence-electron chi connectivity index (χ3n) is 2.87. The molecule has 1 saturated heterocycles. The van der Waals surface area contributed by atoms with Gasteiger partial charge in [0.15, 0.2) is 0 Å². The van der Waals surface area contributed by atoms with Crippen LogP contribution in [0, 0.1) is 0 Å². The molecule has 1 aromatic carbocycles. The van der Waals surface area contributed by atoms with E-state index >= 15 is 0 Å². The van der Waals surface area contributed by atoms with E-state index in [0.29, 0.717) is 17.9 Å². The molecule has 0 aromatic heterocycles. The fraction of sp³-hybridized carbons (Fsp3) is 0.308. The van der Waals surface area contributed by atoms with Gasteiger partial charge in [0.1, 0.15) is 11.8 Å². The first kappa shape index (κ1) is 13.9. The molecule has 0 bridgehead atoms. The van der Waals surface area contributed by atoms with Crippen LogP contribution in [0.15, 0.2) is 24.3 Å². The van der Waals surface area contributed by atoms with E-state index in [0.717, 1.165) is 0 Å². The van der Waals surface area contributed by atoms with Gasteiger partial charge in [0.05, 0.1) is 7.11 Å². The molecule has 1 aliphatic heterocycles. The van der Waals surface area contributed by atoms with E-state index in [9.17, 15) is 14.4 Å². The Morgan fingerprint density at radius 1 is 1.40 bits per heavy atom. The molecule has 0 spiro atoms. The molecule has 3 N–H and O–H groups in total. The number of hydrogen-bond donors (Lipinski definition) is 3. The number of urea groups is 1. The zero-order valence-corrected chi connectivity index (χ0v) is 10.9. The summed E-state index contributed by atoms with van der Waals surface area (Å²) >= 11 is 0. The van der Waals surface area contributed by atoms with Crippen molar-refractivity contribution in [2.45, 2.75) is 18.9 Å². The Labute approximate surface area is 115 Å². The molecular weight excluding hydrogens is 262 g/mol. The maximum atomic E-state index is 11.8. The van der Waals surface area contributed by atoms with E-state index in [1.54, 1.807) is 24.3 Å². The number of benzene rings is 1. The molecule has 2 rings (SSSR count). The highest BCUT2D eigenvalue weighted by molar-refractivity contribution is 6.02. The molecule has 7 heteroatoms. The summed E-state index contributed by atoms with van der Waals surface area (Å²) in [4.78, 5) is 34.3. The van der Waals surface area contributed by atoms with Crippen LogP contribution in [-0.2, 0) is 9.59 Å². The van der Waals surface area contributed by atoms with Crippen LogP contribution in [0.3, 0.4) is 0 Å². The van der Waals surface area contributed by atoms with Crippen molar-refractivity contribution in [1.29, 1.82) is 0 Å². The van der Waals surface area contributed by atoms with Gasteiger partial charge < -0.3 is 15.4 Å². The Bertz CT molecular complexity index is 544. The molecule has 0 saturated carbocycles. The minimum absolute atomic E-state index is 0.218. The van der Waals surface area contributed by atoms with Gasteiger partial charge in [0, 0.05) is 18.2 Å². The number of methoxy groups -OCH3 is 1. The predicted molar refractivity (Wildman–Crippen MR) is 71.3 cm³/mol. The van der Waals surface area contributed by atoms with Crippen LogP contribution in [-0.4, -0.2) is 31.0 Å².